The summed E-state index contributed by atoms with van der Waals surface area (Å²) in [4.78, 5) is 51.4. The van der Waals surface area contributed by atoms with E-state index in [1.807, 2.05) is 26.8 Å². The Hall–Kier alpha value is -3.14. The highest BCUT2D eigenvalue weighted by Gasteiger charge is 2.47. The molecular weight excluding hydrogens is 572 g/mol. The number of rotatable bonds is 1. The first kappa shape index (κ1) is 31.3. The van der Waals surface area contributed by atoms with Gasteiger partial charge >= 0.3 is 12.1 Å². The molecule has 2 aliphatic heterocycles. The van der Waals surface area contributed by atoms with Crippen LogP contribution in [0.1, 0.15) is 78.3 Å². The summed E-state index contributed by atoms with van der Waals surface area (Å²) in [5.74, 6) is 0.188. The summed E-state index contributed by atoms with van der Waals surface area (Å²) in [6, 6.07) is 3.58. The van der Waals surface area contributed by atoms with Gasteiger partial charge in [0.15, 0.2) is 0 Å². The molecule has 3 aliphatic rings. The van der Waals surface area contributed by atoms with Crippen molar-refractivity contribution in [3.05, 3.63) is 28.9 Å². The van der Waals surface area contributed by atoms with Gasteiger partial charge in [0.05, 0.1) is 24.7 Å². The van der Waals surface area contributed by atoms with Gasteiger partial charge in [-0.25, -0.2) is 19.6 Å². The average Bonchev–Trinajstić information content (AvgIpc) is 3.52. The van der Waals surface area contributed by atoms with Crippen molar-refractivity contribution in [1.82, 2.24) is 20.2 Å². The molecule has 1 aromatic carbocycles. The molecule has 2 bridgehead atoms. The van der Waals surface area contributed by atoms with E-state index in [0.717, 1.165) is 49.7 Å². The number of halogens is 1. The zero-order chi connectivity index (χ0) is 30.9. The fraction of sp³-hybridized carbons (Fsp3) is 0.656. The number of nitrogens with zero attached hydrogens (tertiary/aromatic N) is 3. The molecule has 0 radical (unpaired) electrons. The maximum absolute atomic E-state index is 14.1. The summed E-state index contributed by atoms with van der Waals surface area (Å²) in [7, 11) is 1.30. The molecule has 43 heavy (non-hydrogen) atoms. The van der Waals surface area contributed by atoms with Gasteiger partial charge in [0.1, 0.15) is 30.0 Å². The Kier molecular flexibility index (Phi) is 9.34. The Morgan fingerprint density at radius 3 is 2.60 bits per heavy atom. The Morgan fingerprint density at radius 1 is 1.07 bits per heavy atom. The monoisotopic (exact) mass is 614 g/mol. The van der Waals surface area contributed by atoms with Gasteiger partial charge in [-0.15, -0.1) is 0 Å². The molecule has 1 aliphatic carbocycles. The highest BCUT2D eigenvalue weighted by molar-refractivity contribution is 6.31. The van der Waals surface area contributed by atoms with Gasteiger partial charge < -0.3 is 24.4 Å². The smallest absolute Gasteiger partial charge is 0.408 e. The standard InChI is InChI=1S/C32H43ClN4O6/c1-18-13-19-9-7-6-8-10-23-28(35-24-15-20(33)11-12-22(24)34-23)42-21-16-25(30(39)41-5)37(17-21)29(38)27(32(2,3)4)36-31(40)43-26(19)14-18/h11-12,15,18-19,21,25-27H,6-10,13-14,16-17H2,1-5H3,(H,36,40)/t18-,19-,21-,25+,26-,27-/m1/s1. The van der Waals surface area contributed by atoms with E-state index >= 15 is 0 Å². The van der Waals surface area contributed by atoms with Crippen molar-refractivity contribution in [2.75, 3.05) is 13.7 Å². The average molecular weight is 615 g/mol. The van der Waals surface area contributed by atoms with Crippen LogP contribution in [-0.2, 0) is 25.5 Å². The van der Waals surface area contributed by atoms with E-state index in [0.29, 0.717) is 28.8 Å². The summed E-state index contributed by atoms with van der Waals surface area (Å²) < 4.78 is 17.5. The van der Waals surface area contributed by atoms with Crippen LogP contribution in [0.4, 0.5) is 4.79 Å². The number of benzene rings is 1. The molecule has 2 aromatic rings. The quantitative estimate of drug-likeness (QED) is 0.420. The molecule has 11 heteroatoms. The normalized spacial score (nSPS) is 29.0. The first-order valence-electron chi connectivity index (χ1n) is 15.4. The molecule has 5 rings (SSSR count). The number of amides is 2. The predicted octanol–water partition coefficient (Wildman–Crippen LogP) is 5.48. The lowest BCUT2D eigenvalue weighted by Gasteiger charge is -2.35. The molecule has 6 atom stereocenters. The van der Waals surface area contributed by atoms with E-state index in [-0.39, 0.29) is 30.9 Å². The summed E-state index contributed by atoms with van der Waals surface area (Å²) in [5, 5.41) is 3.41. The van der Waals surface area contributed by atoms with Crippen LogP contribution in [0, 0.1) is 17.3 Å². The molecule has 0 spiro atoms. The number of esters is 1. The van der Waals surface area contributed by atoms with Crippen LogP contribution >= 0.6 is 11.6 Å². The number of alkyl carbamates (subject to hydrolysis) is 1. The molecule has 0 unspecified atom stereocenters. The van der Waals surface area contributed by atoms with Crippen LogP contribution < -0.4 is 10.1 Å². The molecule has 1 N–H and O–H groups in total. The number of hydrogen-bond donors (Lipinski definition) is 1. The largest absolute Gasteiger partial charge is 0.471 e. The van der Waals surface area contributed by atoms with Gasteiger partial charge in [-0.1, -0.05) is 52.1 Å². The van der Waals surface area contributed by atoms with Crippen molar-refractivity contribution in [2.24, 2.45) is 17.3 Å². The van der Waals surface area contributed by atoms with Crippen LogP contribution in [0.2, 0.25) is 5.02 Å². The van der Waals surface area contributed by atoms with E-state index in [2.05, 4.69) is 12.2 Å². The van der Waals surface area contributed by atoms with Gasteiger partial charge in [-0.3, -0.25) is 4.79 Å². The summed E-state index contributed by atoms with van der Waals surface area (Å²) >= 11 is 6.25. The van der Waals surface area contributed by atoms with Crippen LogP contribution in [-0.4, -0.2) is 70.8 Å². The zero-order valence-electron chi connectivity index (χ0n) is 25.7. The van der Waals surface area contributed by atoms with E-state index in [9.17, 15) is 14.4 Å². The summed E-state index contributed by atoms with van der Waals surface area (Å²) in [5.41, 5.74) is 1.43. The number of carbonyl (C=O) groups excluding carboxylic acids is 3. The second-order valence-corrected chi connectivity index (χ2v) is 13.9. The van der Waals surface area contributed by atoms with Gasteiger partial charge in [-0.05, 0) is 67.6 Å². The number of aromatic nitrogens is 2. The zero-order valence-corrected chi connectivity index (χ0v) is 26.5. The van der Waals surface area contributed by atoms with Crippen molar-refractivity contribution in [3.8, 4) is 5.88 Å². The lowest BCUT2D eigenvalue weighted by molar-refractivity contribution is -0.152. The number of carbonyl (C=O) groups is 3. The number of methoxy groups -OCH3 is 1. The van der Waals surface area contributed by atoms with Crippen LogP contribution in [0.15, 0.2) is 18.2 Å². The minimum absolute atomic E-state index is 0.124. The molecule has 234 valence electrons. The van der Waals surface area contributed by atoms with E-state index < -0.39 is 35.7 Å². The van der Waals surface area contributed by atoms with Gasteiger partial charge in [-0.2, -0.15) is 0 Å². The topological polar surface area (TPSA) is 120 Å². The van der Waals surface area contributed by atoms with E-state index in [1.54, 1.807) is 12.1 Å². The lowest BCUT2D eigenvalue weighted by atomic mass is 9.85. The molecule has 2 amide bonds. The Balaban J connectivity index is 1.50. The van der Waals surface area contributed by atoms with Crippen molar-refractivity contribution >= 4 is 40.6 Å². The second kappa shape index (κ2) is 12.8. The maximum Gasteiger partial charge on any atom is 0.408 e. The van der Waals surface area contributed by atoms with E-state index in [1.165, 1.54) is 12.0 Å². The molecule has 1 aromatic heterocycles. The Bertz CT molecular complexity index is 1360. The number of nitrogens with one attached hydrogen (secondary N) is 1. The third-order valence-electron chi connectivity index (χ3n) is 8.95. The first-order chi connectivity index (χ1) is 20.4. The molecule has 1 saturated carbocycles. The van der Waals surface area contributed by atoms with E-state index in [4.69, 9.17) is 35.8 Å². The SMILES string of the molecule is COC(=O)[C@@H]1C[C@@H]2CN1C(=O)[C@H](C(C)(C)C)NC(=O)O[C@@H]1C[C@H](C)C[C@H]1CCCCCc1nc3ccc(Cl)cc3nc1O2. The summed E-state index contributed by atoms with van der Waals surface area (Å²) in [6.07, 6.45) is 5.23. The highest BCUT2D eigenvalue weighted by atomic mass is 35.5. The van der Waals surface area contributed by atoms with Crippen molar-refractivity contribution in [2.45, 2.75) is 103 Å². The Morgan fingerprint density at radius 2 is 1.86 bits per heavy atom. The van der Waals surface area contributed by atoms with Crippen molar-refractivity contribution < 1.29 is 28.6 Å². The minimum atomic E-state index is -0.930. The van der Waals surface area contributed by atoms with Gasteiger partial charge in [0.2, 0.25) is 11.8 Å². The number of fused-ring (bicyclic) bond motifs is 5. The van der Waals surface area contributed by atoms with Crippen molar-refractivity contribution in [3.63, 3.8) is 0 Å². The fourth-order valence-electron chi connectivity index (χ4n) is 6.73. The highest BCUT2D eigenvalue weighted by Crippen LogP contribution is 2.37. The van der Waals surface area contributed by atoms with Gasteiger partial charge in [0, 0.05) is 11.4 Å². The summed E-state index contributed by atoms with van der Waals surface area (Å²) in [6.45, 7) is 7.94. The van der Waals surface area contributed by atoms with Crippen LogP contribution in [0.25, 0.3) is 11.0 Å². The van der Waals surface area contributed by atoms with Gasteiger partial charge in [0.25, 0.3) is 0 Å². The molecular formula is C32H43ClN4O6. The predicted molar refractivity (Wildman–Crippen MR) is 162 cm³/mol. The van der Waals surface area contributed by atoms with Crippen LogP contribution in [0.5, 0.6) is 5.88 Å². The third kappa shape index (κ3) is 7.16. The molecule has 1 saturated heterocycles. The third-order valence-corrected chi connectivity index (χ3v) is 9.18. The number of aryl methyl sites for hydroxylation is 1. The maximum atomic E-state index is 14.1. The number of hydrogen-bond acceptors (Lipinski definition) is 8. The number of ether oxygens (including phenoxy) is 3. The second-order valence-electron chi connectivity index (χ2n) is 13.4. The molecule has 10 nitrogen and oxygen atoms in total. The molecule has 3 heterocycles. The first-order valence-corrected chi connectivity index (χ1v) is 15.8. The minimum Gasteiger partial charge on any atom is -0.471 e. The van der Waals surface area contributed by atoms with Crippen molar-refractivity contribution in [1.29, 1.82) is 0 Å². The Labute approximate surface area is 258 Å². The lowest BCUT2D eigenvalue weighted by Crippen LogP contribution is -2.57. The molecule has 2 fully saturated rings. The van der Waals surface area contributed by atoms with Crippen LogP contribution in [0.3, 0.4) is 0 Å². The fourth-order valence-corrected chi connectivity index (χ4v) is 6.90.